The highest BCUT2D eigenvalue weighted by atomic mass is 32.2. The Morgan fingerprint density at radius 3 is 2.74 bits per heavy atom. The predicted molar refractivity (Wildman–Crippen MR) is 72.3 cm³/mol. The Hall–Kier alpha value is -1.44. The first-order valence-electron chi connectivity index (χ1n) is 6.11. The molecule has 7 heteroatoms. The molecule has 0 saturated carbocycles. The SMILES string of the molecule is CNS(=O)(=O)c1ccccc1NC(=O)[C@H]1CCCN1. The monoisotopic (exact) mass is 283 g/mol. The molecule has 0 radical (unpaired) electrons. The van der Waals surface area contributed by atoms with Crippen molar-refractivity contribution in [3.05, 3.63) is 24.3 Å². The van der Waals surface area contributed by atoms with E-state index in [1.807, 2.05) is 0 Å². The van der Waals surface area contributed by atoms with Gasteiger partial charge in [0.05, 0.1) is 11.7 Å². The minimum absolute atomic E-state index is 0.0730. The zero-order valence-electron chi connectivity index (χ0n) is 10.6. The zero-order chi connectivity index (χ0) is 13.9. The number of benzene rings is 1. The summed E-state index contributed by atoms with van der Waals surface area (Å²) in [7, 11) is -2.24. The van der Waals surface area contributed by atoms with Gasteiger partial charge in [-0.25, -0.2) is 13.1 Å². The molecule has 1 aromatic rings. The van der Waals surface area contributed by atoms with Gasteiger partial charge in [-0.15, -0.1) is 0 Å². The summed E-state index contributed by atoms with van der Waals surface area (Å²) in [5, 5.41) is 5.74. The van der Waals surface area contributed by atoms with E-state index >= 15 is 0 Å². The van der Waals surface area contributed by atoms with Gasteiger partial charge in [0, 0.05) is 0 Å². The second-order valence-corrected chi connectivity index (χ2v) is 6.20. The largest absolute Gasteiger partial charge is 0.324 e. The fourth-order valence-electron chi connectivity index (χ4n) is 2.04. The molecule has 1 saturated heterocycles. The third kappa shape index (κ3) is 3.12. The molecule has 0 spiro atoms. The van der Waals surface area contributed by atoms with Crippen molar-refractivity contribution in [1.82, 2.24) is 10.0 Å². The van der Waals surface area contributed by atoms with Gasteiger partial charge >= 0.3 is 0 Å². The zero-order valence-corrected chi connectivity index (χ0v) is 11.5. The highest BCUT2D eigenvalue weighted by Gasteiger charge is 2.24. The van der Waals surface area contributed by atoms with Gasteiger partial charge in [-0.3, -0.25) is 4.79 Å². The van der Waals surface area contributed by atoms with Crippen LogP contribution in [0.2, 0.25) is 0 Å². The number of para-hydroxylation sites is 1. The third-order valence-corrected chi connectivity index (χ3v) is 4.55. The molecule has 1 heterocycles. The molecule has 1 aliphatic rings. The maximum atomic E-state index is 12.0. The van der Waals surface area contributed by atoms with E-state index in [0.717, 1.165) is 19.4 Å². The lowest BCUT2D eigenvalue weighted by molar-refractivity contribution is -0.117. The molecule has 3 N–H and O–H groups in total. The summed E-state index contributed by atoms with van der Waals surface area (Å²) in [4.78, 5) is 12.1. The number of carbonyl (C=O) groups is 1. The number of rotatable bonds is 4. The van der Waals surface area contributed by atoms with Crippen molar-refractivity contribution in [3.8, 4) is 0 Å². The van der Waals surface area contributed by atoms with Crippen molar-refractivity contribution in [2.45, 2.75) is 23.8 Å². The highest BCUT2D eigenvalue weighted by Crippen LogP contribution is 2.21. The van der Waals surface area contributed by atoms with E-state index in [-0.39, 0.29) is 16.8 Å². The van der Waals surface area contributed by atoms with Gasteiger partial charge < -0.3 is 10.6 Å². The van der Waals surface area contributed by atoms with Crippen LogP contribution >= 0.6 is 0 Å². The Balaban J connectivity index is 2.23. The van der Waals surface area contributed by atoms with Crippen LogP contribution in [-0.4, -0.2) is 34.0 Å². The lowest BCUT2D eigenvalue weighted by atomic mass is 10.2. The van der Waals surface area contributed by atoms with E-state index in [4.69, 9.17) is 0 Å². The van der Waals surface area contributed by atoms with Gasteiger partial charge in [-0.05, 0) is 38.6 Å². The Kier molecular flexibility index (Phi) is 4.18. The minimum atomic E-state index is -3.58. The number of hydrogen-bond donors (Lipinski definition) is 3. The topological polar surface area (TPSA) is 87.3 Å². The second-order valence-electron chi connectivity index (χ2n) is 4.34. The quantitative estimate of drug-likeness (QED) is 0.741. The summed E-state index contributed by atoms with van der Waals surface area (Å²) in [5.41, 5.74) is 0.301. The first-order chi connectivity index (χ1) is 9.04. The smallest absolute Gasteiger partial charge is 0.242 e. The second kappa shape index (κ2) is 5.68. The molecule has 0 aliphatic carbocycles. The number of carbonyl (C=O) groups excluding carboxylic acids is 1. The molecule has 0 unspecified atom stereocenters. The predicted octanol–water partition coefficient (Wildman–Crippen LogP) is 0.285. The number of anilines is 1. The van der Waals surface area contributed by atoms with E-state index in [2.05, 4.69) is 15.4 Å². The number of amides is 1. The fourth-order valence-corrected chi connectivity index (χ4v) is 2.93. The van der Waals surface area contributed by atoms with Crippen LogP contribution in [0.3, 0.4) is 0 Å². The van der Waals surface area contributed by atoms with Gasteiger partial charge in [0.1, 0.15) is 4.90 Å². The molecule has 0 bridgehead atoms. The summed E-state index contributed by atoms with van der Waals surface area (Å²) >= 11 is 0. The molecule has 104 valence electrons. The lowest BCUT2D eigenvalue weighted by Crippen LogP contribution is -2.36. The molecule has 1 aromatic carbocycles. The molecule has 1 atom stereocenters. The van der Waals surface area contributed by atoms with Crippen LogP contribution in [0.4, 0.5) is 5.69 Å². The van der Waals surface area contributed by atoms with E-state index in [1.54, 1.807) is 18.2 Å². The Labute approximate surface area is 112 Å². The Morgan fingerprint density at radius 2 is 2.11 bits per heavy atom. The Bertz CT molecular complexity index is 565. The molecule has 6 nitrogen and oxygen atoms in total. The third-order valence-electron chi connectivity index (χ3n) is 3.08. The summed E-state index contributed by atoms with van der Waals surface area (Å²) in [6.45, 7) is 0.814. The van der Waals surface area contributed by atoms with Crippen molar-refractivity contribution in [1.29, 1.82) is 0 Å². The summed E-state index contributed by atoms with van der Waals surface area (Å²) in [5.74, 6) is -0.198. The van der Waals surface area contributed by atoms with Gasteiger partial charge in [-0.2, -0.15) is 0 Å². The molecule has 2 rings (SSSR count). The first kappa shape index (κ1) is 14.0. The van der Waals surface area contributed by atoms with Crippen molar-refractivity contribution < 1.29 is 13.2 Å². The highest BCUT2D eigenvalue weighted by molar-refractivity contribution is 7.89. The first-order valence-corrected chi connectivity index (χ1v) is 7.60. The van der Waals surface area contributed by atoms with Crippen LogP contribution < -0.4 is 15.4 Å². The summed E-state index contributed by atoms with van der Waals surface area (Å²) < 4.78 is 25.9. The van der Waals surface area contributed by atoms with Crippen LogP contribution in [0.5, 0.6) is 0 Å². The summed E-state index contributed by atoms with van der Waals surface area (Å²) in [6, 6.07) is 6.10. The van der Waals surface area contributed by atoms with Crippen molar-refractivity contribution in [2.75, 3.05) is 18.9 Å². The van der Waals surface area contributed by atoms with Gasteiger partial charge in [0.2, 0.25) is 15.9 Å². The fraction of sp³-hybridized carbons (Fsp3) is 0.417. The standard InChI is InChI=1S/C12H17N3O3S/c1-13-19(17,18)11-7-3-2-5-9(11)15-12(16)10-6-4-8-14-10/h2-3,5,7,10,13-14H,4,6,8H2,1H3,(H,15,16)/t10-/m1/s1. The molecule has 1 fully saturated rings. The number of sulfonamides is 1. The molecule has 19 heavy (non-hydrogen) atoms. The van der Waals surface area contributed by atoms with Crippen molar-refractivity contribution >= 4 is 21.6 Å². The van der Waals surface area contributed by atoms with Crippen molar-refractivity contribution in [2.24, 2.45) is 0 Å². The van der Waals surface area contributed by atoms with Crippen LogP contribution in [0.15, 0.2) is 29.2 Å². The van der Waals surface area contributed by atoms with E-state index in [0.29, 0.717) is 5.69 Å². The lowest BCUT2D eigenvalue weighted by Gasteiger charge is -2.14. The molecular formula is C12H17N3O3S. The minimum Gasteiger partial charge on any atom is -0.324 e. The van der Waals surface area contributed by atoms with E-state index in [1.165, 1.54) is 13.1 Å². The molecule has 1 aliphatic heterocycles. The Morgan fingerprint density at radius 1 is 1.37 bits per heavy atom. The van der Waals surface area contributed by atoms with Crippen LogP contribution in [-0.2, 0) is 14.8 Å². The maximum Gasteiger partial charge on any atom is 0.242 e. The average molecular weight is 283 g/mol. The van der Waals surface area contributed by atoms with Gasteiger partial charge in [0.25, 0.3) is 0 Å². The normalized spacial score (nSPS) is 19.3. The number of hydrogen-bond acceptors (Lipinski definition) is 4. The molecule has 1 amide bonds. The van der Waals surface area contributed by atoms with E-state index in [9.17, 15) is 13.2 Å². The average Bonchev–Trinajstić information content (AvgIpc) is 2.93. The molecule has 0 aromatic heterocycles. The number of nitrogens with one attached hydrogen (secondary N) is 3. The van der Waals surface area contributed by atoms with Gasteiger partial charge in [0.15, 0.2) is 0 Å². The van der Waals surface area contributed by atoms with Crippen LogP contribution in [0, 0.1) is 0 Å². The maximum absolute atomic E-state index is 12.0. The van der Waals surface area contributed by atoms with Crippen LogP contribution in [0.1, 0.15) is 12.8 Å². The molecular weight excluding hydrogens is 266 g/mol. The van der Waals surface area contributed by atoms with Crippen LogP contribution in [0.25, 0.3) is 0 Å². The van der Waals surface area contributed by atoms with Crippen molar-refractivity contribution in [3.63, 3.8) is 0 Å². The van der Waals surface area contributed by atoms with E-state index < -0.39 is 10.0 Å². The van der Waals surface area contributed by atoms with Gasteiger partial charge in [-0.1, -0.05) is 12.1 Å². The summed E-state index contributed by atoms with van der Waals surface area (Å²) in [6.07, 6.45) is 1.72.